The molecule has 90 valence electrons. The molecule has 0 unspecified atom stereocenters. The Labute approximate surface area is 112 Å². The zero-order valence-electron chi connectivity index (χ0n) is 9.32. The van der Waals surface area contributed by atoms with E-state index >= 15 is 0 Å². The molecule has 0 spiro atoms. The quantitative estimate of drug-likeness (QED) is 0.840. The molecule has 0 aliphatic carbocycles. The summed E-state index contributed by atoms with van der Waals surface area (Å²) in [6.07, 6.45) is 2.22. The molecule has 2 heterocycles. The molecule has 0 saturated heterocycles. The highest BCUT2D eigenvalue weighted by atomic mass is 35.5. The van der Waals surface area contributed by atoms with Crippen LogP contribution in [0.3, 0.4) is 0 Å². The molecule has 0 fully saturated rings. The van der Waals surface area contributed by atoms with Crippen LogP contribution < -0.4 is 5.32 Å². The number of fused-ring (bicyclic) bond motifs is 1. The second-order valence-corrected chi connectivity index (χ2v) is 4.53. The maximum absolute atomic E-state index is 5.88. The lowest BCUT2D eigenvalue weighted by molar-refractivity contribution is 0.517. The van der Waals surface area contributed by atoms with E-state index in [0.717, 1.165) is 24.7 Å². The summed E-state index contributed by atoms with van der Waals surface area (Å²) in [4.78, 5) is 0. The van der Waals surface area contributed by atoms with Gasteiger partial charge in [-0.1, -0.05) is 23.7 Å². The van der Waals surface area contributed by atoms with Crippen LogP contribution >= 0.6 is 24.0 Å². The van der Waals surface area contributed by atoms with Gasteiger partial charge in [0.25, 0.3) is 0 Å². The maximum atomic E-state index is 5.88. The fourth-order valence-corrected chi connectivity index (χ4v) is 2.25. The minimum atomic E-state index is 0. The monoisotopic (exact) mass is 268 g/mol. The van der Waals surface area contributed by atoms with Gasteiger partial charge in [0.1, 0.15) is 0 Å². The second-order valence-electron chi connectivity index (χ2n) is 4.10. The van der Waals surface area contributed by atoms with Gasteiger partial charge in [-0.2, -0.15) is 0 Å². The van der Waals surface area contributed by atoms with Crippen molar-refractivity contribution in [1.29, 1.82) is 0 Å². The molecule has 0 amide bonds. The third-order valence-electron chi connectivity index (χ3n) is 3.00. The molecule has 2 nitrogen and oxygen atoms in total. The van der Waals surface area contributed by atoms with Crippen molar-refractivity contribution in [1.82, 2.24) is 9.88 Å². The Hall–Kier alpha value is -0.960. The first-order chi connectivity index (χ1) is 7.83. The number of nitrogens with zero attached hydrogens (tertiary/aromatic N) is 1. The second kappa shape index (κ2) is 5.13. The fourth-order valence-electron chi connectivity index (χ4n) is 2.13. The Kier molecular flexibility index (Phi) is 3.77. The highest BCUT2D eigenvalue weighted by Gasteiger charge is 2.10. The number of hydrogen-bond acceptors (Lipinski definition) is 1. The van der Waals surface area contributed by atoms with Gasteiger partial charge in [0.15, 0.2) is 0 Å². The van der Waals surface area contributed by atoms with Gasteiger partial charge in [0.05, 0.1) is 0 Å². The van der Waals surface area contributed by atoms with E-state index in [1.807, 2.05) is 12.1 Å². The summed E-state index contributed by atoms with van der Waals surface area (Å²) in [6.45, 7) is 3.08. The van der Waals surface area contributed by atoms with Gasteiger partial charge >= 0.3 is 0 Å². The molecule has 1 N–H and O–H groups in total. The maximum Gasteiger partial charge on any atom is 0.0406 e. The molecule has 17 heavy (non-hydrogen) atoms. The van der Waals surface area contributed by atoms with E-state index in [1.165, 1.54) is 16.8 Å². The van der Waals surface area contributed by atoms with E-state index in [9.17, 15) is 0 Å². The first kappa shape index (κ1) is 12.5. The zero-order valence-corrected chi connectivity index (χ0v) is 10.9. The first-order valence-electron chi connectivity index (χ1n) is 5.49. The Bertz CT molecular complexity index is 479. The third-order valence-corrected chi connectivity index (χ3v) is 3.25. The molecule has 0 radical (unpaired) electrons. The number of hydrogen-bond donors (Lipinski definition) is 1. The molecule has 0 saturated carbocycles. The van der Waals surface area contributed by atoms with Gasteiger partial charge < -0.3 is 9.88 Å². The van der Waals surface area contributed by atoms with Crippen LogP contribution in [0.2, 0.25) is 5.02 Å². The largest absolute Gasteiger partial charge is 0.348 e. The van der Waals surface area contributed by atoms with E-state index in [4.69, 9.17) is 11.6 Å². The van der Waals surface area contributed by atoms with E-state index < -0.39 is 0 Å². The first-order valence-corrected chi connectivity index (χ1v) is 5.86. The molecule has 1 aliphatic heterocycles. The van der Waals surface area contributed by atoms with Crippen molar-refractivity contribution in [2.24, 2.45) is 0 Å². The number of halogens is 2. The Morgan fingerprint density at radius 2 is 1.88 bits per heavy atom. The summed E-state index contributed by atoms with van der Waals surface area (Å²) >= 11 is 5.88. The number of aromatic nitrogens is 1. The van der Waals surface area contributed by atoms with E-state index in [1.54, 1.807) is 0 Å². The molecule has 1 aliphatic rings. The molecule has 4 heteroatoms. The summed E-state index contributed by atoms with van der Waals surface area (Å²) in [5, 5.41) is 4.16. The van der Waals surface area contributed by atoms with Gasteiger partial charge in [-0.05, 0) is 29.3 Å². The van der Waals surface area contributed by atoms with Crippen LogP contribution in [0, 0.1) is 0 Å². The van der Waals surface area contributed by atoms with E-state index in [-0.39, 0.29) is 12.4 Å². The van der Waals surface area contributed by atoms with Crippen LogP contribution in [0.15, 0.2) is 36.5 Å². The molecular weight excluding hydrogens is 255 g/mol. The normalized spacial score (nSPS) is 13.9. The van der Waals surface area contributed by atoms with Crippen molar-refractivity contribution < 1.29 is 0 Å². The SMILES string of the molecule is Cl.Clc1ccc(-c2cc3n(c2)CCNC3)cc1. The average Bonchev–Trinajstić information content (AvgIpc) is 2.73. The molecule has 2 aromatic rings. The summed E-state index contributed by atoms with van der Waals surface area (Å²) in [5.41, 5.74) is 3.86. The lowest BCUT2D eigenvalue weighted by Crippen LogP contribution is -2.27. The fraction of sp³-hybridized carbons (Fsp3) is 0.231. The predicted octanol–water partition coefficient (Wildman–Crippen LogP) is 3.33. The molecule has 0 atom stereocenters. The minimum absolute atomic E-state index is 0. The van der Waals surface area contributed by atoms with Crippen LogP contribution in [0.1, 0.15) is 5.69 Å². The standard InChI is InChI=1S/C13H13ClN2.ClH/c14-12-3-1-10(2-4-12)11-7-13-8-15-5-6-16(13)9-11;/h1-4,7,9,15H,5-6,8H2;1H. The zero-order chi connectivity index (χ0) is 11.0. The number of rotatable bonds is 1. The molecule has 0 bridgehead atoms. The summed E-state index contributed by atoms with van der Waals surface area (Å²) in [7, 11) is 0. The highest BCUT2D eigenvalue weighted by Crippen LogP contribution is 2.24. The van der Waals surface area contributed by atoms with Gasteiger partial charge in [-0.25, -0.2) is 0 Å². The highest BCUT2D eigenvalue weighted by molar-refractivity contribution is 6.30. The number of benzene rings is 1. The van der Waals surface area contributed by atoms with Gasteiger partial charge in [0.2, 0.25) is 0 Å². The molecule has 3 rings (SSSR count). The number of nitrogens with one attached hydrogen (secondary N) is 1. The van der Waals surface area contributed by atoms with Crippen LogP contribution in [0.4, 0.5) is 0 Å². The molecule has 1 aromatic carbocycles. The summed E-state index contributed by atoms with van der Waals surface area (Å²) in [6, 6.07) is 10.3. The van der Waals surface area contributed by atoms with Gasteiger partial charge in [0, 0.05) is 36.5 Å². The minimum Gasteiger partial charge on any atom is -0.348 e. The molecular formula is C13H14Cl2N2. The molecule has 1 aromatic heterocycles. The van der Waals surface area contributed by atoms with Crippen LogP contribution in [0.25, 0.3) is 11.1 Å². The Morgan fingerprint density at radius 3 is 2.59 bits per heavy atom. The Morgan fingerprint density at radius 1 is 1.12 bits per heavy atom. The van der Waals surface area contributed by atoms with Crippen molar-refractivity contribution >= 4 is 24.0 Å². The summed E-state index contributed by atoms with van der Waals surface area (Å²) < 4.78 is 2.32. The lowest BCUT2D eigenvalue weighted by Gasteiger charge is -2.15. The van der Waals surface area contributed by atoms with E-state index in [0.29, 0.717) is 0 Å². The third kappa shape index (κ3) is 2.49. The van der Waals surface area contributed by atoms with E-state index in [2.05, 4.69) is 34.3 Å². The van der Waals surface area contributed by atoms with Crippen molar-refractivity contribution in [3.8, 4) is 11.1 Å². The topological polar surface area (TPSA) is 17.0 Å². The van der Waals surface area contributed by atoms with Crippen LogP contribution in [-0.4, -0.2) is 11.1 Å². The summed E-state index contributed by atoms with van der Waals surface area (Å²) in [5.74, 6) is 0. The van der Waals surface area contributed by atoms with Crippen LogP contribution in [-0.2, 0) is 13.1 Å². The lowest BCUT2D eigenvalue weighted by atomic mass is 10.1. The average molecular weight is 269 g/mol. The Balaban J connectivity index is 0.00000108. The van der Waals surface area contributed by atoms with Gasteiger partial charge in [-0.3, -0.25) is 0 Å². The van der Waals surface area contributed by atoms with Crippen molar-refractivity contribution in [2.45, 2.75) is 13.1 Å². The predicted molar refractivity (Wildman–Crippen MR) is 73.8 cm³/mol. The smallest absolute Gasteiger partial charge is 0.0406 e. The van der Waals surface area contributed by atoms with Gasteiger partial charge in [-0.15, -0.1) is 12.4 Å². The van der Waals surface area contributed by atoms with Crippen molar-refractivity contribution in [2.75, 3.05) is 6.54 Å². The van der Waals surface area contributed by atoms with Crippen molar-refractivity contribution in [3.63, 3.8) is 0 Å². The van der Waals surface area contributed by atoms with Crippen molar-refractivity contribution in [3.05, 3.63) is 47.2 Å². The van der Waals surface area contributed by atoms with Crippen LogP contribution in [0.5, 0.6) is 0 Å².